The van der Waals surface area contributed by atoms with Crippen LogP contribution < -0.4 is 20.7 Å². The number of fused-ring (bicyclic) bond motifs is 1. The van der Waals surface area contributed by atoms with Crippen LogP contribution in [-0.4, -0.2) is 36.1 Å². The first-order chi connectivity index (χ1) is 15.0. The predicted octanol–water partition coefficient (Wildman–Crippen LogP) is 3.29. The summed E-state index contributed by atoms with van der Waals surface area (Å²) in [6.07, 6.45) is 1.69. The number of halogens is 2. The Morgan fingerprint density at radius 2 is 2.16 bits per heavy atom. The lowest BCUT2D eigenvalue weighted by molar-refractivity contribution is -0.120. The van der Waals surface area contributed by atoms with Gasteiger partial charge in [0, 0.05) is 36.5 Å². The van der Waals surface area contributed by atoms with Crippen LogP contribution in [-0.2, 0) is 11.3 Å². The number of ether oxygens (including phenoxy) is 1. The van der Waals surface area contributed by atoms with E-state index in [1.807, 2.05) is 6.07 Å². The Labute approximate surface area is 183 Å². The summed E-state index contributed by atoms with van der Waals surface area (Å²) in [6.45, 7) is 0.745. The first kappa shape index (κ1) is 22.2. The van der Waals surface area contributed by atoms with Crippen LogP contribution in [0.3, 0.4) is 0 Å². The highest BCUT2D eigenvalue weighted by Crippen LogP contribution is 2.31. The Hall–Kier alpha value is -3.48. The standard InChI is InChI=1S/C21H20ClFN6O2/c1-31-18-9-17-14(8-13(18)10-26-19(30)11-25-7-3-6-24)21(28-12-27-17)29-16-5-2-4-15(22)20(16)23/h2,4-5,8-9,12,25H,3,7,10-11H2,1H3,(H,26,30)(H,27,28,29). The summed E-state index contributed by atoms with van der Waals surface area (Å²) in [4.78, 5) is 20.5. The number of amides is 1. The van der Waals surface area contributed by atoms with Crippen molar-refractivity contribution in [3.05, 3.63) is 53.1 Å². The maximum Gasteiger partial charge on any atom is 0.234 e. The summed E-state index contributed by atoms with van der Waals surface area (Å²) in [5.41, 5.74) is 1.47. The second-order valence-electron chi connectivity index (χ2n) is 6.49. The van der Waals surface area contributed by atoms with Gasteiger partial charge in [-0.15, -0.1) is 0 Å². The summed E-state index contributed by atoms with van der Waals surface area (Å²) >= 11 is 5.86. The highest BCUT2D eigenvalue weighted by atomic mass is 35.5. The molecule has 1 aromatic heterocycles. The van der Waals surface area contributed by atoms with E-state index in [2.05, 4.69) is 25.9 Å². The van der Waals surface area contributed by atoms with Crippen LogP contribution in [0.1, 0.15) is 12.0 Å². The first-order valence-corrected chi connectivity index (χ1v) is 9.78. The van der Waals surface area contributed by atoms with E-state index in [9.17, 15) is 9.18 Å². The molecule has 0 aliphatic carbocycles. The van der Waals surface area contributed by atoms with Gasteiger partial charge in [0.1, 0.15) is 17.9 Å². The fraction of sp³-hybridized carbons (Fsp3) is 0.238. The van der Waals surface area contributed by atoms with Crippen LogP contribution in [0, 0.1) is 17.1 Å². The van der Waals surface area contributed by atoms with Gasteiger partial charge in [-0.2, -0.15) is 5.26 Å². The normalized spacial score (nSPS) is 10.5. The van der Waals surface area contributed by atoms with Crippen molar-refractivity contribution in [3.8, 4) is 11.8 Å². The second kappa shape index (κ2) is 10.5. The van der Waals surface area contributed by atoms with Gasteiger partial charge in [-0.3, -0.25) is 4.79 Å². The number of rotatable bonds is 9. The second-order valence-corrected chi connectivity index (χ2v) is 6.90. The van der Waals surface area contributed by atoms with Crippen LogP contribution in [0.5, 0.6) is 5.75 Å². The molecule has 0 radical (unpaired) electrons. The largest absolute Gasteiger partial charge is 0.496 e. The fourth-order valence-corrected chi connectivity index (χ4v) is 3.06. The first-order valence-electron chi connectivity index (χ1n) is 9.40. The third-order valence-electron chi connectivity index (χ3n) is 4.42. The Morgan fingerprint density at radius 1 is 1.32 bits per heavy atom. The fourth-order valence-electron chi connectivity index (χ4n) is 2.89. The van der Waals surface area contributed by atoms with Gasteiger partial charge in [-0.25, -0.2) is 14.4 Å². The number of hydrogen-bond donors (Lipinski definition) is 3. The summed E-state index contributed by atoms with van der Waals surface area (Å²) in [5, 5.41) is 17.8. The van der Waals surface area contributed by atoms with Gasteiger partial charge in [0.2, 0.25) is 5.91 Å². The van der Waals surface area contributed by atoms with Gasteiger partial charge in [0.25, 0.3) is 0 Å². The molecule has 0 saturated heterocycles. The predicted molar refractivity (Wildman–Crippen MR) is 116 cm³/mol. The number of carbonyl (C=O) groups excluding carboxylic acids is 1. The zero-order valence-corrected chi connectivity index (χ0v) is 17.5. The van der Waals surface area contributed by atoms with Gasteiger partial charge in [-0.1, -0.05) is 17.7 Å². The maximum absolute atomic E-state index is 14.3. The minimum Gasteiger partial charge on any atom is -0.496 e. The average Bonchev–Trinajstić information content (AvgIpc) is 2.78. The number of nitrogens with one attached hydrogen (secondary N) is 3. The lowest BCUT2D eigenvalue weighted by Crippen LogP contribution is -2.33. The number of methoxy groups -OCH3 is 1. The summed E-state index contributed by atoms with van der Waals surface area (Å²) in [7, 11) is 1.53. The van der Waals surface area contributed by atoms with E-state index in [0.717, 1.165) is 0 Å². The summed E-state index contributed by atoms with van der Waals surface area (Å²) in [5.74, 6) is 0.132. The highest BCUT2D eigenvalue weighted by Gasteiger charge is 2.14. The molecule has 160 valence electrons. The Morgan fingerprint density at radius 3 is 2.94 bits per heavy atom. The van der Waals surface area contributed by atoms with E-state index in [4.69, 9.17) is 21.6 Å². The zero-order chi connectivity index (χ0) is 22.2. The molecule has 0 aliphatic heterocycles. The van der Waals surface area contributed by atoms with Gasteiger partial charge in [0.05, 0.1) is 36.0 Å². The van der Waals surface area contributed by atoms with Crippen molar-refractivity contribution in [3.63, 3.8) is 0 Å². The highest BCUT2D eigenvalue weighted by molar-refractivity contribution is 6.31. The van der Waals surface area contributed by atoms with Crippen molar-refractivity contribution in [2.24, 2.45) is 0 Å². The van der Waals surface area contributed by atoms with Crippen molar-refractivity contribution in [2.45, 2.75) is 13.0 Å². The topological polar surface area (TPSA) is 112 Å². The van der Waals surface area contributed by atoms with Crippen molar-refractivity contribution in [1.29, 1.82) is 5.26 Å². The number of hydrogen-bond acceptors (Lipinski definition) is 7. The molecule has 31 heavy (non-hydrogen) atoms. The lowest BCUT2D eigenvalue weighted by Gasteiger charge is -2.14. The van der Waals surface area contributed by atoms with Gasteiger partial charge in [0.15, 0.2) is 5.82 Å². The molecular formula is C21H20ClFN6O2. The lowest BCUT2D eigenvalue weighted by atomic mass is 10.1. The third-order valence-corrected chi connectivity index (χ3v) is 4.71. The molecule has 3 aromatic rings. The molecule has 0 saturated carbocycles. The van der Waals surface area contributed by atoms with E-state index < -0.39 is 5.82 Å². The van der Waals surface area contributed by atoms with Crippen LogP contribution in [0.25, 0.3) is 10.9 Å². The molecular weight excluding hydrogens is 423 g/mol. The molecule has 1 amide bonds. The zero-order valence-electron chi connectivity index (χ0n) is 16.7. The van der Waals surface area contributed by atoms with Crippen molar-refractivity contribution in [1.82, 2.24) is 20.6 Å². The maximum atomic E-state index is 14.3. The van der Waals surface area contributed by atoms with Crippen molar-refractivity contribution in [2.75, 3.05) is 25.5 Å². The molecule has 10 heteroatoms. The molecule has 0 unspecified atom stereocenters. The third kappa shape index (κ3) is 5.57. The Balaban J connectivity index is 1.83. The quantitative estimate of drug-likeness (QED) is 0.436. The Bertz CT molecular complexity index is 1130. The average molecular weight is 443 g/mol. The number of aromatic nitrogens is 2. The molecule has 0 spiro atoms. The number of anilines is 2. The number of nitrogens with zero attached hydrogens (tertiary/aromatic N) is 3. The van der Waals surface area contributed by atoms with Crippen LogP contribution in [0.4, 0.5) is 15.9 Å². The Kier molecular flexibility index (Phi) is 7.54. The van der Waals surface area contributed by atoms with E-state index in [1.54, 1.807) is 24.3 Å². The van der Waals surface area contributed by atoms with Gasteiger partial charge < -0.3 is 20.7 Å². The molecule has 3 N–H and O–H groups in total. The number of carbonyl (C=O) groups is 1. The summed E-state index contributed by atoms with van der Waals surface area (Å²) < 4.78 is 19.7. The van der Waals surface area contributed by atoms with Gasteiger partial charge in [-0.05, 0) is 18.2 Å². The smallest absolute Gasteiger partial charge is 0.234 e. The molecule has 3 rings (SSSR count). The van der Waals surface area contributed by atoms with E-state index in [1.165, 1.54) is 19.5 Å². The number of nitriles is 1. The minimum atomic E-state index is -0.583. The molecule has 0 fully saturated rings. The molecule has 1 heterocycles. The number of benzene rings is 2. The molecule has 0 atom stereocenters. The van der Waals surface area contributed by atoms with Crippen LogP contribution in [0.15, 0.2) is 36.7 Å². The molecule has 2 aromatic carbocycles. The van der Waals surface area contributed by atoms with Crippen LogP contribution in [0.2, 0.25) is 5.02 Å². The molecule has 0 bridgehead atoms. The van der Waals surface area contributed by atoms with Gasteiger partial charge >= 0.3 is 0 Å². The van der Waals surface area contributed by atoms with Crippen molar-refractivity contribution < 1.29 is 13.9 Å². The van der Waals surface area contributed by atoms with Crippen molar-refractivity contribution >= 4 is 39.9 Å². The van der Waals surface area contributed by atoms with E-state index in [0.29, 0.717) is 41.0 Å². The minimum absolute atomic E-state index is 0.00295. The van der Waals surface area contributed by atoms with E-state index >= 15 is 0 Å². The summed E-state index contributed by atoms with van der Waals surface area (Å²) in [6, 6.07) is 10.2. The molecule has 0 aliphatic rings. The molecule has 8 nitrogen and oxygen atoms in total. The SMILES string of the molecule is COc1cc2ncnc(Nc3cccc(Cl)c3F)c2cc1CNC(=O)CNCCC#N. The van der Waals surface area contributed by atoms with E-state index in [-0.39, 0.29) is 29.7 Å². The monoisotopic (exact) mass is 442 g/mol. The van der Waals surface area contributed by atoms with Crippen LogP contribution >= 0.6 is 11.6 Å².